The summed E-state index contributed by atoms with van der Waals surface area (Å²) >= 11 is 0. The number of ether oxygens (including phenoxy) is 3. The normalized spacial score (nSPS) is 12.4. The zero-order valence-electron chi connectivity index (χ0n) is 43.3. The Hall–Kier alpha value is -2.63. The maximum Gasteiger partial charge on any atom is 0.306 e. The third-order valence-corrected chi connectivity index (χ3v) is 12.3. The second-order valence-corrected chi connectivity index (χ2v) is 18.8. The molecule has 0 saturated carbocycles. The monoisotopic (exact) mass is 911 g/mol. The van der Waals surface area contributed by atoms with Crippen molar-refractivity contribution in [3.63, 3.8) is 0 Å². The number of allylic oxidation sites excluding steroid dienone is 8. The van der Waals surface area contributed by atoms with Crippen molar-refractivity contribution in [2.24, 2.45) is 0 Å². The minimum Gasteiger partial charge on any atom is -0.462 e. The van der Waals surface area contributed by atoms with Crippen LogP contribution in [0.2, 0.25) is 0 Å². The molecule has 6 nitrogen and oxygen atoms in total. The molecular weight excluding hydrogens is 805 g/mol. The van der Waals surface area contributed by atoms with Gasteiger partial charge < -0.3 is 14.2 Å². The topological polar surface area (TPSA) is 78.9 Å². The van der Waals surface area contributed by atoms with Crippen molar-refractivity contribution in [1.82, 2.24) is 0 Å². The molecule has 1 atom stereocenters. The minimum absolute atomic E-state index is 0.0806. The van der Waals surface area contributed by atoms with Gasteiger partial charge in [0.05, 0.1) is 0 Å². The van der Waals surface area contributed by atoms with Gasteiger partial charge in [0.25, 0.3) is 0 Å². The van der Waals surface area contributed by atoms with Gasteiger partial charge in [0, 0.05) is 19.3 Å². The molecule has 0 saturated heterocycles. The van der Waals surface area contributed by atoms with Crippen molar-refractivity contribution in [2.75, 3.05) is 13.2 Å². The molecule has 0 amide bonds. The lowest BCUT2D eigenvalue weighted by Gasteiger charge is -2.18. The Bertz CT molecular complexity index is 1140. The van der Waals surface area contributed by atoms with Gasteiger partial charge in [0.1, 0.15) is 13.2 Å². The van der Waals surface area contributed by atoms with Gasteiger partial charge >= 0.3 is 17.9 Å². The largest absolute Gasteiger partial charge is 0.462 e. The van der Waals surface area contributed by atoms with Crippen molar-refractivity contribution in [3.05, 3.63) is 48.6 Å². The highest BCUT2D eigenvalue weighted by Crippen LogP contribution is 2.16. The molecule has 0 rings (SSSR count). The number of carbonyl (C=O) groups is 3. The zero-order valence-corrected chi connectivity index (χ0v) is 43.3. The fourth-order valence-electron chi connectivity index (χ4n) is 7.99. The van der Waals surface area contributed by atoms with Crippen LogP contribution in [-0.2, 0) is 28.6 Å². The van der Waals surface area contributed by atoms with Crippen molar-refractivity contribution < 1.29 is 28.6 Å². The molecule has 0 aromatic heterocycles. The maximum atomic E-state index is 12.8. The number of hydrogen-bond donors (Lipinski definition) is 0. The van der Waals surface area contributed by atoms with Gasteiger partial charge in [-0.3, -0.25) is 14.4 Å². The van der Waals surface area contributed by atoms with Crippen LogP contribution in [0.1, 0.15) is 290 Å². The Morgan fingerprint density at radius 1 is 0.308 bits per heavy atom. The van der Waals surface area contributed by atoms with Gasteiger partial charge in [0.15, 0.2) is 6.10 Å². The molecule has 378 valence electrons. The van der Waals surface area contributed by atoms with E-state index in [4.69, 9.17) is 14.2 Å². The summed E-state index contributed by atoms with van der Waals surface area (Å²) in [5, 5.41) is 0. The molecule has 0 bridgehead atoms. The quantitative estimate of drug-likeness (QED) is 0.0262. The molecule has 0 spiro atoms. The Labute approximate surface area is 403 Å². The SMILES string of the molecule is CCC/C=C\C/C=C\CCCCCCCC(=O)OC(COC(=O)CCCCCCC/C=C\CCCC)COC(=O)CCCCCCCCCCCCC/C=C\CCCCCCCCCC. The highest BCUT2D eigenvalue weighted by atomic mass is 16.6. The van der Waals surface area contributed by atoms with Crippen LogP contribution in [0.3, 0.4) is 0 Å². The molecule has 0 aromatic carbocycles. The van der Waals surface area contributed by atoms with Crippen LogP contribution in [0.15, 0.2) is 48.6 Å². The van der Waals surface area contributed by atoms with Gasteiger partial charge in [-0.2, -0.15) is 0 Å². The molecule has 0 fully saturated rings. The minimum atomic E-state index is -0.782. The van der Waals surface area contributed by atoms with Crippen LogP contribution < -0.4 is 0 Å². The third kappa shape index (κ3) is 52.2. The number of rotatable bonds is 51. The first-order chi connectivity index (χ1) is 32.0. The highest BCUT2D eigenvalue weighted by Gasteiger charge is 2.19. The summed E-state index contributed by atoms with van der Waals surface area (Å²) in [4.78, 5) is 38.0. The van der Waals surface area contributed by atoms with E-state index >= 15 is 0 Å². The van der Waals surface area contributed by atoms with Crippen molar-refractivity contribution >= 4 is 17.9 Å². The van der Waals surface area contributed by atoms with Crippen LogP contribution in [0.4, 0.5) is 0 Å². The van der Waals surface area contributed by atoms with E-state index in [2.05, 4.69) is 69.4 Å². The molecule has 6 heteroatoms. The van der Waals surface area contributed by atoms with Gasteiger partial charge in [0.2, 0.25) is 0 Å². The van der Waals surface area contributed by atoms with Crippen LogP contribution in [0, 0.1) is 0 Å². The molecule has 0 N–H and O–H groups in total. The summed E-state index contributed by atoms with van der Waals surface area (Å²) in [5.74, 6) is -0.897. The fourth-order valence-corrected chi connectivity index (χ4v) is 7.99. The number of esters is 3. The summed E-state index contributed by atoms with van der Waals surface area (Å²) in [5.41, 5.74) is 0. The maximum absolute atomic E-state index is 12.8. The summed E-state index contributed by atoms with van der Waals surface area (Å²) in [7, 11) is 0. The fraction of sp³-hybridized carbons (Fsp3) is 0.814. The van der Waals surface area contributed by atoms with Crippen LogP contribution in [-0.4, -0.2) is 37.2 Å². The Morgan fingerprint density at radius 2 is 0.600 bits per heavy atom. The van der Waals surface area contributed by atoms with Gasteiger partial charge in [-0.05, 0) is 89.9 Å². The van der Waals surface area contributed by atoms with E-state index in [1.807, 2.05) is 0 Å². The first kappa shape index (κ1) is 62.4. The first-order valence-electron chi connectivity index (χ1n) is 28.1. The Morgan fingerprint density at radius 3 is 0.969 bits per heavy atom. The van der Waals surface area contributed by atoms with Crippen molar-refractivity contribution in [2.45, 2.75) is 297 Å². The molecule has 0 aliphatic carbocycles. The van der Waals surface area contributed by atoms with E-state index in [1.54, 1.807) is 0 Å². The number of carbonyl (C=O) groups excluding carboxylic acids is 3. The molecule has 65 heavy (non-hydrogen) atoms. The van der Waals surface area contributed by atoms with Crippen LogP contribution in [0.5, 0.6) is 0 Å². The van der Waals surface area contributed by atoms with Crippen molar-refractivity contribution in [1.29, 1.82) is 0 Å². The summed E-state index contributed by atoms with van der Waals surface area (Å²) in [6, 6.07) is 0. The van der Waals surface area contributed by atoms with E-state index in [0.29, 0.717) is 19.3 Å². The summed E-state index contributed by atoms with van der Waals surface area (Å²) in [6.45, 7) is 6.54. The molecule has 0 aliphatic rings. The number of hydrogen-bond acceptors (Lipinski definition) is 6. The zero-order chi connectivity index (χ0) is 47.2. The third-order valence-electron chi connectivity index (χ3n) is 12.3. The average molecular weight is 911 g/mol. The van der Waals surface area contributed by atoms with E-state index in [1.165, 1.54) is 154 Å². The van der Waals surface area contributed by atoms with E-state index in [0.717, 1.165) is 96.3 Å². The predicted molar refractivity (Wildman–Crippen MR) is 279 cm³/mol. The lowest BCUT2D eigenvalue weighted by molar-refractivity contribution is -0.167. The second kappa shape index (κ2) is 54.0. The molecule has 0 aliphatic heterocycles. The van der Waals surface area contributed by atoms with Crippen LogP contribution >= 0.6 is 0 Å². The second-order valence-electron chi connectivity index (χ2n) is 18.8. The smallest absolute Gasteiger partial charge is 0.306 e. The Balaban J connectivity index is 4.24. The van der Waals surface area contributed by atoms with E-state index in [-0.39, 0.29) is 31.1 Å². The molecule has 0 heterocycles. The Kier molecular flexibility index (Phi) is 51.8. The molecule has 1 unspecified atom stereocenters. The lowest BCUT2D eigenvalue weighted by atomic mass is 10.0. The van der Waals surface area contributed by atoms with Crippen LogP contribution in [0.25, 0.3) is 0 Å². The van der Waals surface area contributed by atoms with Crippen molar-refractivity contribution in [3.8, 4) is 0 Å². The molecular formula is C59H106O6. The predicted octanol–water partition coefficient (Wildman–Crippen LogP) is 18.7. The lowest BCUT2D eigenvalue weighted by Crippen LogP contribution is -2.30. The molecule has 0 aromatic rings. The van der Waals surface area contributed by atoms with Gasteiger partial charge in [-0.1, -0.05) is 230 Å². The average Bonchev–Trinajstić information content (AvgIpc) is 3.30. The van der Waals surface area contributed by atoms with Gasteiger partial charge in [-0.15, -0.1) is 0 Å². The molecule has 0 radical (unpaired) electrons. The van der Waals surface area contributed by atoms with Gasteiger partial charge in [-0.25, -0.2) is 0 Å². The highest BCUT2D eigenvalue weighted by molar-refractivity contribution is 5.71. The summed E-state index contributed by atoms with van der Waals surface area (Å²) < 4.78 is 16.8. The standard InChI is InChI=1S/C59H106O6/c1-4-7-10-13-16-19-22-24-25-26-27-28-29-30-31-32-33-35-37-40-43-46-49-52-58(61)64-55-56(54-63-57(60)51-48-45-42-39-36-21-18-15-12-9-6-3)65-59(62)53-50-47-44-41-38-34-23-20-17-14-11-8-5-2/h11,14-15,18,20,23,26-27,56H,4-10,12-13,16-17,19,21-22,24-25,28-55H2,1-3H3/b14-11-,18-15-,23-20-,27-26-. The van der Waals surface area contributed by atoms with E-state index in [9.17, 15) is 14.4 Å². The van der Waals surface area contributed by atoms with E-state index < -0.39 is 6.10 Å². The first-order valence-corrected chi connectivity index (χ1v) is 28.1. The summed E-state index contributed by atoms with van der Waals surface area (Å²) in [6.07, 6.45) is 65.4. The number of unbranched alkanes of at least 4 members (excludes halogenated alkanes) is 32.